The first-order chi connectivity index (χ1) is 13.5. The third-order valence-electron chi connectivity index (χ3n) is 3.64. The Bertz CT molecular complexity index is 982. The Labute approximate surface area is 159 Å². The van der Waals surface area contributed by atoms with Gasteiger partial charge in [0.05, 0.1) is 6.54 Å². The molecule has 0 fully saturated rings. The summed E-state index contributed by atoms with van der Waals surface area (Å²) in [7, 11) is 3.27. The van der Waals surface area contributed by atoms with Gasteiger partial charge in [-0.25, -0.2) is 13.5 Å². The molecule has 1 N–H and O–H groups in total. The molecule has 144 valence electrons. The van der Waals surface area contributed by atoms with Crippen molar-refractivity contribution in [3.05, 3.63) is 71.4 Å². The van der Waals surface area contributed by atoms with Crippen LogP contribution >= 0.6 is 0 Å². The monoisotopic (exact) mass is 385 g/mol. The fourth-order valence-corrected chi connectivity index (χ4v) is 2.34. The van der Waals surface area contributed by atoms with E-state index in [1.807, 2.05) is 6.07 Å². The molecule has 0 saturated carbocycles. The fourth-order valence-electron chi connectivity index (χ4n) is 2.34. The molecule has 1 heterocycles. The minimum atomic E-state index is -0.735. The van der Waals surface area contributed by atoms with E-state index in [1.54, 1.807) is 38.4 Å². The quantitative estimate of drug-likeness (QED) is 0.520. The maximum absolute atomic E-state index is 14.0. The molecule has 0 spiro atoms. The van der Waals surface area contributed by atoms with Crippen molar-refractivity contribution in [2.45, 2.75) is 6.54 Å². The average Bonchev–Trinajstić information content (AvgIpc) is 3.06. The minimum Gasteiger partial charge on any atom is -0.320 e. The minimum absolute atomic E-state index is 0.0233. The van der Waals surface area contributed by atoms with Gasteiger partial charge in [-0.2, -0.15) is 0 Å². The van der Waals surface area contributed by atoms with Gasteiger partial charge in [-0.1, -0.05) is 34.7 Å². The summed E-state index contributed by atoms with van der Waals surface area (Å²) in [5.41, 5.74) is 0.215. The smallest absolute Gasteiger partial charge is 0.280 e. The average molecular weight is 385 g/mol. The second-order valence-corrected chi connectivity index (χ2v) is 5.98. The van der Waals surface area contributed by atoms with Crippen molar-refractivity contribution in [2.75, 3.05) is 19.4 Å². The van der Waals surface area contributed by atoms with Crippen molar-refractivity contribution in [3.63, 3.8) is 0 Å². The van der Waals surface area contributed by atoms with Crippen LogP contribution < -0.4 is 5.32 Å². The molecule has 0 saturated heterocycles. The molecule has 0 aliphatic rings. The van der Waals surface area contributed by atoms with Crippen molar-refractivity contribution in [3.8, 4) is 0 Å². The predicted molar refractivity (Wildman–Crippen MR) is 98.1 cm³/mol. The number of aromatic nitrogens is 3. The maximum atomic E-state index is 14.0. The zero-order valence-corrected chi connectivity index (χ0v) is 15.2. The molecule has 3 rings (SSSR count). The highest BCUT2D eigenvalue weighted by atomic mass is 19.1. The highest BCUT2D eigenvalue weighted by molar-refractivity contribution is 6.05. The first-order valence-electron chi connectivity index (χ1n) is 8.27. The van der Waals surface area contributed by atoms with E-state index in [1.165, 1.54) is 11.1 Å². The number of hydrogen-bond acceptors (Lipinski definition) is 5. The number of carbonyl (C=O) groups excluding carboxylic acids is 1. The molecule has 0 unspecified atom stereocenters. The van der Waals surface area contributed by atoms with Crippen LogP contribution in [0.2, 0.25) is 0 Å². The normalized spacial score (nSPS) is 11.0. The van der Waals surface area contributed by atoms with Gasteiger partial charge in [-0.05, 0) is 24.3 Å². The summed E-state index contributed by atoms with van der Waals surface area (Å²) in [6.45, 7) is -0.300. The lowest BCUT2D eigenvalue weighted by atomic mass is 10.2. The molecule has 2 aromatic carbocycles. The molecule has 0 atom stereocenters. The Morgan fingerprint density at radius 1 is 1.11 bits per heavy atom. The Morgan fingerprint density at radius 3 is 2.43 bits per heavy atom. The standard InChI is InChI=1S/C18H17F2N7O/c1-26(2)24-23-17-16(18(28)21-12-7-4-3-5-8-12)22-25-27(17)11-13-14(19)9-6-10-15(13)20/h3-10H,11H2,1-2H3,(H,21,28)/b24-23+. The summed E-state index contributed by atoms with van der Waals surface area (Å²) >= 11 is 0. The van der Waals surface area contributed by atoms with E-state index in [2.05, 4.69) is 26.0 Å². The van der Waals surface area contributed by atoms with Gasteiger partial charge in [-0.3, -0.25) is 9.80 Å². The summed E-state index contributed by atoms with van der Waals surface area (Å²) in [6, 6.07) is 12.3. The number of rotatable bonds is 6. The summed E-state index contributed by atoms with van der Waals surface area (Å²) in [6.07, 6.45) is 0. The zero-order chi connectivity index (χ0) is 20.1. The first kappa shape index (κ1) is 19.1. The highest BCUT2D eigenvalue weighted by Crippen LogP contribution is 2.22. The van der Waals surface area contributed by atoms with Gasteiger partial charge >= 0.3 is 0 Å². The van der Waals surface area contributed by atoms with Crippen LogP contribution in [0.15, 0.2) is 58.9 Å². The van der Waals surface area contributed by atoms with Gasteiger partial charge in [-0.15, -0.1) is 10.2 Å². The number of carbonyl (C=O) groups is 1. The molecular weight excluding hydrogens is 368 g/mol. The van der Waals surface area contributed by atoms with Crippen LogP contribution in [0.5, 0.6) is 0 Å². The SMILES string of the molecule is CN(C)/N=N/c1c(C(=O)Nc2ccccc2)nnn1Cc1c(F)cccc1F. The van der Waals surface area contributed by atoms with Gasteiger partial charge in [0.25, 0.3) is 5.91 Å². The van der Waals surface area contributed by atoms with E-state index in [0.717, 1.165) is 16.8 Å². The van der Waals surface area contributed by atoms with Crippen molar-refractivity contribution < 1.29 is 13.6 Å². The summed E-state index contributed by atoms with van der Waals surface area (Å²) in [5.74, 6) is -2.06. The van der Waals surface area contributed by atoms with Gasteiger partial charge in [0, 0.05) is 25.3 Å². The van der Waals surface area contributed by atoms with Gasteiger partial charge < -0.3 is 5.32 Å². The van der Waals surface area contributed by atoms with E-state index in [9.17, 15) is 13.6 Å². The van der Waals surface area contributed by atoms with Crippen LogP contribution in [0.1, 0.15) is 16.1 Å². The largest absolute Gasteiger partial charge is 0.320 e. The Balaban J connectivity index is 1.96. The lowest BCUT2D eigenvalue weighted by molar-refractivity contribution is 0.102. The lowest BCUT2D eigenvalue weighted by Gasteiger charge is -2.07. The third-order valence-corrected chi connectivity index (χ3v) is 3.64. The van der Waals surface area contributed by atoms with Gasteiger partial charge in [0.15, 0.2) is 5.69 Å². The van der Waals surface area contributed by atoms with Gasteiger partial charge in [0.1, 0.15) is 11.6 Å². The Morgan fingerprint density at radius 2 is 1.79 bits per heavy atom. The zero-order valence-electron chi connectivity index (χ0n) is 15.2. The van der Waals surface area contributed by atoms with E-state index in [4.69, 9.17) is 0 Å². The molecule has 0 bridgehead atoms. The molecule has 0 aliphatic carbocycles. The number of anilines is 1. The van der Waals surface area contributed by atoms with Crippen LogP contribution in [0.3, 0.4) is 0 Å². The van der Waals surface area contributed by atoms with Crippen LogP contribution in [0.25, 0.3) is 0 Å². The number of amides is 1. The molecule has 10 heteroatoms. The molecule has 1 aromatic heterocycles. The van der Waals surface area contributed by atoms with Crippen molar-refractivity contribution in [1.82, 2.24) is 20.0 Å². The summed E-state index contributed by atoms with van der Waals surface area (Å²) in [4.78, 5) is 12.6. The van der Waals surface area contributed by atoms with E-state index >= 15 is 0 Å². The highest BCUT2D eigenvalue weighted by Gasteiger charge is 2.22. The number of nitrogens with one attached hydrogen (secondary N) is 1. The number of nitrogens with zero attached hydrogens (tertiary/aromatic N) is 6. The number of benzene rings is 2. The van der Waals surface area contributed by atoms with Crippen molar-refractivity contribution in [1.29, 1.82) is 0 Å². The number of hydrogen-bond donors (Lipinski definition) is 1. The maximum Gasteiger partial charge on any atom is 0.280 e. The predicted octanol–water partition coefficient (Wildman–Crippen LogP) is 3.42. The lowest BCUT2D eigenvalue weighted by Crippen LogP contribution is -2.13. The van der Waals surface area contributed by atoms with Crippen molar-refractivity contribution in [2.24, 2.45) is 10.3 Å². The van der Waals surface area contributed by atoms with Crippen LogP contribution in [0, 0.1) is 11.6 Å². The van der Waals surface area contributed by atoms with Crippen LogP contribution in [0.4, 0.5) is 20.3 Å². The van der Waals surface area contributed by atoms with Gasteiger partial charge in [0.2, 0.25) is 5.82 Å². The number of halogens is 2. The Hall–Kier alpha value is -3.69. The molecule has 8 nitrogen and oxygen atoms in total. The van der Waals surface area contributed by atoms with Crippen molar-refractivity contribution >= 4 is 17.4 Å². The van der Waals surface area contributed by atoms with E-state index in [0.29, 0.717) is 5.69 Å². The second-order valence-electron chi connectivity index (χ2n) is 5.98. The number of para-hydroxylation sites is 1. The second kappa shape index (κ2) is 8.33. The summed E-state index contributed by atoms with van der Waals surface area (Å²) in [5, 5.41) is 19.6. The molecule has 3 aromatic rings. The molecule has 28 heavy (non-hydrogen) atoms. The molecule has 0 aliphatic heterocycles. The van der Waals surface area contributed by atoms with Crippen LogP contribution in [-0.2, 0) is 6.54 Å². The fraction of sp³-hybridized carbons (Fsp3) is 0.167. The summed E-state index contributed by atoms with van der Waals surface area (Å²) < 4.78 is 29.1. The third kappa shape index (κ3) is 4.34. The first-order valence-corrected chi connectivity index (χ1v) is 8.27. The topological polar surface area (TPSA) is 87.8 Å². The molecular formula is C18H17F2N7O. The Kier molecular flexibility index (Phi) is 5.68. The molecule has 0 radical (unpaired) electrons. The van der Waals surface area contributed by atoms with E-state index in [-0.39, 0.29) is 23.6 Å². The van der Waals surface area contributed by atoms with E-state index < -0.39 is 17.5 Å². The van der Waals surface area contributed by atoms with Crippen LogP contribution in [-0.4, -0.2) is 40.0 Å². The molecule has 1 amide bonds.